The molecule has 0 aliphatic heterocycles. The number of nitrogens with zero attached hydrogens (tertiary/aromatic N) is 1. The number of benzene rings is 1. The first-order valence-electron chi connectivity index (χ1n) is 6.11. The average Bonchev–Trinajstić information content (AvgIpc) is 2.38. The summed E-state index contributed by atoms with van der Waals surface area (Å²) >= 11 is 5.98. The van der Waals surface area contributed by atoms with Crippen LogP contribution in [-0.4, -0.2) is 20.4 Å². The van der Waals surface area contributed by atoms with Crippen LogP contribution in [-0.2, 0) is 12.1 Å². The Morgan fingerprint density at radius 2 is 1.61 bits per heavy atom. The summed E-state index contributed by atoms with van der Waals surface area (Å²) in [7, 11) is 0. The summed E-state index contributed by atoms with van der Waals surface area (Å²) in [6, 6.07) is -1.66. The Morgan fingerprint density at radius 3 is 2.13 bits per heavy atom. The van der Waals surface area contributed by atoms with Crippen molar-refractivity contribution in [1.82, 2.24) is 0 Å². The highest BCUT2D eigenvalue weighted by molar-refractivity contribution is 6.28. The maximum Gasteiger partial charge on any atom is 0.350 e. The van der Waals surface area contributed by atoms with Gasteiger partial charge < -0.3 is 32.8 Å². The fraction of sp³-hybridized carbons (Fsp3) is 0.214. The highest BCUT2D eigenvalue weighted by Gasteiger charge is 2.42. The highest BCUT2D eigenvalue weighted by Crippen LogP contribution is 2.34. The van der Waals surface area contributed by atoms with Gasteiger partial charge in [0, 0.05) is 17.7 Å². The minimum absolute atomic E-state index is 0. The van der Waals surface area contributed by atoms with Gasteiger partial charge in [-0.25, -0.2) is 0 Å². The van der Waals surface area contributed by atoms with Crippen LogP contribution >= 0.6 is 11.6 Å². The summed E-state index contributed by atoms with van der Waals surface area (Å²) in [4.78, 5) is 0. The van der Waals surface area contributed by atoms with E-state index in [1.807, 2.05) is 0 Å². The standard InChI is InChI=1S/C14H13ClF2NO4.ClH/c1-8-5-6-11(15)18(7-8)10-4-2-3-9(13(16,19)20)12(10)14(17,21)22;/h2-7,19-22H,1H3;1H/q+1;/p-1. The lowest BCUT2D eigenvalue weighted by atomic mass is 10.0. The van der Waals surface area contributed by atoms with E-state index in [1.165, 1.54) is 24.4 Å². The second-order valence-corrected chi connectivity index (χ2v) is 5.16. The first-order chi connectivity index (χ1) is 10.0. The second-order valence-electron chi connectivity index (χ2n) is 4.77. The molecule has 2 rings (SSSR count). The third-order valence-corrected chi connectivity index (χ3v) is 3.32. The summed E-state index contributed by atoms with van der Waals surface area (Å²) in [5.41, 5.74) is -1.69. The molecule has 4 N–H and O–H groups in total. The molecule has 0 radical (unpaired) electrons. The lowest BCUT2D eigenvalue weighted by molar-refractivity contribution is -0.595. The van der Waals surface area contributed by atoms with Crippen LogP contribution in [0, 0.1) is 6.92 Å². The Morgan fingerprint density at radius 1 is 1.00 bits per heavy atom. The van der Waals surface area contributed by atoms with Gasteiger partial charge in [0.2, 0.25) is 5.69 Å². The van der Waals surface area contributed by atoms with Gasteiger partial charge in [-0.15, -0.1) is 4.57 Å². The van der Waals surface area contributed by atoms with E-state index in [4.69, 9.17) is 21.8 Å². The summed E-state index contributed by atoms with van der Waals surface area (Å²) in [5.74, 6) is 0. The molecule has 0 spiro atoms. The molecule has 0 amide bonds. The maximum absolute atomic E-state index is 13.8. The number of hydrogen-bond donors (Lipinski definition) is 4. The molecule has 0 atom stereocenters. The Hall–Kier alpha value is -1.35. The van der Waals surface area contributed by atoms with E-state index in [1.54, 1.807) is 13.0 Å². The zero-order valence-corrected chi connectivity index (χ0v) is 13.2. The Kier molecular flexibility index (Phi) is 5.69. The van der Waals surface area contributed by atoms with E-state index in [-0.39, 0.29) is 23.2 Å². The molecule has 0 unspecified atom stereocenters. The maximum atomic E-state index is 13.8. The minimum Gasteiger partial charge on any atom is -1.00 e. The average molecular weight is 368 g/mol. The number of rotatable bonds is 3. The van der Waals surface area contributed by atoms with Crippen molar-refractivity contribution in [3.05, 3.63) is 58.4 Å². The molecule has 0 aliphatic carbocycles. The summed E-state index contributed by atoms with van der Waals surface area (Å²) in [5, 5.41) is 36.8. The molecule has 1 heterocycles. The number of aliphatic hydroxyl groups is 4. The monoisotopic (exact) mass is 367 g/mol. The van der Waals surface area contributed by atoms with Crippen LogP contribution in [0.4, 0.5) is 8.78 Å². The van der Waals surface area contributed by atoms with E-state index in [2.05, 4.69) is 0 Å². The zero-order valence-electron chi connectivity index (χ0n) is 11.7. The number of aromatic nitrogens is 1. The van der Waals surface area contributed by atoms with Crippen molar-refractivity contribution in [3.8, 4) is 5.69 Å². The van der Waals surface area contributed by atoms with Crippen LogP contribution in [0.2, 0.25) is 5.15 Å². The lowest BCUT2D eigenvalue weighted by Crippen LogP contribution is -3.00. The largest absolute Gasteiger partial charge is 1.00 e. The van der Waals surface area contributed by atoms with Crippen LogP contribution in [0.5, 0.6) is 0 Å². The van der Waals surface area contributed by atoms with Gasteiger partial charge >= 0.3 is 12.1 Å². The SMILES string of the molecule is Cc1ccc(Cl)[n+](-c2cccc(C(O)(O)F)c2C(O)(O)F)c1.[Cl-]. The second kappa shape index (κ2) is 6.64. The first kappa shape index (κ1) is 19.7. The van der Waals surface area contributed by atoms with Gasteiger partial charge in [0.05, 0.1) is 5.56 Å². The topological polar surface area (TPSA) is 84.8 Å². The predicted octanol–water partition coefficient (Wildman–Crippen LogP) is -1.94. The molecule has 5 nitrogen and oxygen atoms in total. The molecule has 1 aromatic carbocycles. The zero-order chi connectivity index (χ0) is 16.7. The number of hydrogen-bond acceptors (Lipinski definition) is 4. The molecule has 2 aromatic rings. The Bertz CT molecular complexity index is 715. The van der Waals surface area contributed by atoms with E-state index in [0.717, 1.165) is 10.6 Å². The van der Waals surface area contributed by atoms with Gasteiger partial charge in [-0.05, 0) is 30.7 Å². The van der Waals surface area contributed by atoms with Crippen molar-refractivity contribution in [2.45, 2.75) is 19.0 Å². The molecular formula is C14H13Cl2F2NO4. The van der Waals surface area contributed by atoms with Crippen LogP contribution < -0.4 is 17.0 Å². The fourth-order valence-corrected chi connectivity index (χ4v) is 2.32. The molecule has 0 aliphatic rings. The number of pyridine rings is 1. The molecule has 0 saturated heterocycles. The molecular weight excluding hydrogens is 355 g/mol. The minimum atomic E-state index is -4.02. The van der Waals surface area contributed by atoms with Crippen LogP contribution in [0.15, 0.2) is 36.5 Å². The van der Waals surface area contributed by atoms with Crippen LogP contribution in [0.3, 0.4) is 0 Å². The normalized spacial score (nSPS) is 12.0. The fourth-order valence-electron chi connectivity index (χ4n) is 2.11. The van der Waals surface area contributed by atoms with Gasteiger partial charge in [-0.2, -0.15) is 8.78 Å². The summed E-state index contributed by atoms with van der Waals surface area (Å²) in [6.45, 7) is 1.70. The van der Waals surface area contributed by atoms with Gasteiger partial charge in [-0.3, -0.25) is 0 Å². The van der Waals surface area contributed by atoms with Crippen molar-refractivity contribution in [2.24, 2.45) is 0 Å². The first-order valence-corrected chi connectivity index (χ1v) is 6.49. The van der Waals surface area contributed by atoms with Crippen molar-refractivity contribution in [1.29, 1.82) is 0 Å². The Labute approximate surface area is 141 Å². The summed E-state index contributed by atoms with van der Waals surface area (Å²) in [6.07, 6.45) is 1.44. The van der Waals surface area contributed by atoms with Crippen LogP contribution in [0.25, 0.3) is 5.69 Å². The molecule has 23 heavy (non-hydrogen) atoms. The van der Waals surface area contributed by atoms with Gasteiger partial charge in [-0.1, -0.05) is 6.07 Å². The third-order valence-electron chi connectivity index (χ3n) is 3.01. The van der Waals surface area contributed by atoms with Crippen molar-refractivity contribution in [2.75, 3.05) is 0 Å². The smallest absolute Gasteiger partial charge is 0.350 e. The molecule has 0 saturated carbocycles. The van der Waals surface area contributed by atoms with Crippen molar-refractivity contribution in [3.63, 3.8) is 0 Å². The number of aryl methyl sites for hydroxylation is 1. The Balaban J connectivity index is 0.00000264. The van der Waals surface area contributed by atoms with E-state index in [0.29, 0.717) is 5.56 Å². The van der Waals surface area contributed by atoms with E-state index >= 15 is 0 Å². The highest BCUT2D eigenvalue weighted by atomic mass is 35.5. The van der Waals surface area contributed by atoms with Crippen molar-refractivity contribution >= 4 is 11.6 Å². The van der Waals surface area contributed by atoms with Gasteiger partial charge in [0.1, 0.15) is 5.56 Å². The molecule has 0 fully saturated rings. The van der Waals surface area contributed by atoms with Crippen LogP contribution in [0.1, 0.15) is 16.7 Å². The van der Waals surface area contributed by atoms with E-state index < -0.39 is 23.2 Å². The lowest BCUT2D eigenvalue weighted by Gasteiger charge is -2.21. The number of halogens is 4. The number of alkyl halides is 2. The molecule has 0 bridgehead atoms. The molecule has 1 aromatic heterocycles. The van der Waals surface area contributed by atoms with Crippen molar-refractivity contribution < 1.29 is 46.2 Å². The third kappa shape index (κ3) is 4.14. The predicted molar refractivity (Wildman–Crippen MR) is 72.2 cm³/mol. The quantitative estimate of drug-likeness (QED) is 0.289. The van der Waals surface area contributed by atoms with Gasteiger partial charge in [0.25, 0.3) is 5.15 Å². The van der Waals surface area contributed by atoms with Gasteiger partial charge in [0.15, 0.2) is 6.20 Å². The molecule has 9 heteroatoms. The summed E-state index contributed by atoms with van der Waals surface area (Å²) < 4.78 is 28.4. The molecule has 126 valence electrons. The van der Waals surface area contributed by atoms with E-state index in [9.17, 15) is 19.0 Å².